The second-order valence-electron chi connectivity index (χ2n) is 6.88. The first-order valence-corrected chi connectivity index (χ1v) is 8.49. The van der Waals surface area contributed by atoms with Crippen molar-refractivity contribution in [3.63, 3.8) is 0 Å². The van der Waals surface area contributed by atoms with Crippen LogP contribution in [0.15, 0.2) is 24.3 Å². The third kappa shape index (κ3) is 3.99. The predicted octanol–water partition coefficient (Wildman–Crippen LogP) is 1.01. The highest BCUT2D eigenvalue weighted by molar-refractivity contribution is 6.00. The first-order chi connectivity index (χ1) is 11.9. The molecule has 2 aliphatic heterocycles. The Morgan fingerprint density at radius 2 is 1.84 bits per heavy atom. The molecular formula is C18H22N2O5. The smallest absolute Gasteiger partial charge is 0.306 e. The van der Waals surface area contributed by atoms with Crippen molar-refractivity contribution < 1.29 is 24.6 Å². The largest absolute Gasteiger partial charge is 0.481 e. The van der Waals surface area contributed by atoms with Gasteiger partial charge in [-0.25, -0.2) is 0 Å². The quantitative estimate of drug-likeness (QED) is 0.703. The van der Waals surface area contributed by atoms with Gasteiger partial charge in [0.15, 0.2) is 0 Å². The number of amides is 2. The molecule has 1 unspecified atom stereocenters. The zero-order valence-electron chi connectivity index (χ0n) is 13.9. The Balaban J connectivity index is 1.63. The molecule has 0 bridgehead atoms. The summed E-state index contributed by atoms with van der Waals surface area (Å²) in [7, 11) is 0. The van der Waals surface area contributed by atoms with Crippen molar-refractivity contribution in [1.29, 1.82) is 0 Å². The van der Waals surface area contributed by atoms with Gasteiger partial charge in [-0.3, -0.25) is 19.7 Å². The zero-order chi connectivity index (χ0) is 18.0. The first kappa shape index (κ1) is 17.4. The number of piperidine rings is 2. The van der Waals surface area contributed by atoms with Gasteiger partial charge in [0.25, 0.3) is 0 Å². The molecule has 0 aromatic heterocycles. The number of imide groups is 1. The average molecular weight is 346 g/mol. The topological polar surface area (TPSA) is 107 Å². The Bertz CT molecular complexity index is 677. The van der Waals surface area contributed by atoms with E-state index in [1.54, 1.807) is 0 Å². The number of carbonyl (C=O) groups is 3. The summed E-state index contributed by atoms with van der Waals surface area (Å²) in [6, 6.07) is 7.65. The standard InChI is InChI=1S/C18H22N2O5/c21-15-6-5-14(17(24)19-15)12-1-3-13(4-2-12)20-9-7-18(25,8-10-20)11-16(22)23/h1-4,14,25H,5-11H2,(H,22,23)(H,19,21,24). The average Bonchev–Trinajstić information content (AvgIpc) is 2.55. The zero-order valence-corrected chi connectivity index (χ0v) is 13.9. The van der Waals surface area contributed by atoms with E-state index in [2.05, 4.69) is 10.2 Å². The summed E-state index contributed by atoms with van der Waals surface area (Å²) in [6.07, 6.45) is 1.47. The van der Waals surface area contributed by atoms with Crippen LogP contribution < -0.4 is 10.2 Å². The number of anilines is 1. The van der Waals surface area contributed by atoms with Gasteiger partial charge in [0.05, 0.1) is 17.9 Å². The normalized spacial score (nSPS) is 23.2. The molecule has 25 heavy (non-hydrogen) atoms. The number of hydrogen-bond donors (Lipinski definition) is 3. The van der Waals surface area contributed by atoms with E-state index in [0.717, 1.165) is 11.3 Å². The molecule has 7 heteroatoms. The van der Waals surface area contributed by atoms with Crippen molar-refractivity contribution in [1.82, 2.24) is 5.32 Å². The van der Waals surface area contributed by atoms with Gasteiger partial charge in [-0.1, -0.05) is 12.1 Å². The molecule has 0 radical (unpaired) electrons. The van der Waals surface area contributed by atoms with Crippen molar-refractivity contribution >= 4 is 23.5 Å². The molecule has 2 saturated heterocycles. The maximum Gasteiger partial charge on any atom is 0.306 e. The summed E-state index contributed by atoms with van der Waals surface area (Å²) < 4.78 is 0. The molecule has 2 fully saturated rings. The van der Waals surface area contributed by atoms with Crippen LogP contribution in [0.4, 0.5) is 5.69 Å². The van der Waals surface area contributed by atoms with Gasteiger partial charge in [0.2, 0.25) is 11.8 Å². The van der Waals surface area contributed by atoms with E-state index in [9.17, 15) is 19.5 Å². The highest BCUT2D eigenvalue weighted by Gasteiger charge is 2.34. The highest BCUT2D eigenvalue weighted by atomic mass is 16.4. The summed E-state index contributed by atoms with van der Waals surface area (Å²) in [4.78, 5) is 36.1. The van der Waals surface area contributed by atoms with Crippen LogP contribution in [0.1, 0.15) is 43.6 Å². The number of benzene rings is 1. The van der Waals surface area contributed by atoms with Crippen molar-refractivity contribution in [2.75, 3.05) is 18.0 Å². The molecular weight excluding hydrogens is 324 g/mol. The number of carbonyl (C=O) groups excluding carboxylic acids is 2. The number of carboxylic acid groups (broad SMARTS) is 1. The van der Waals surface area contributed by atoms with Crippen molar-refractivity contribution in [2.24, 2.45) is 0 Å². The third-order valence-corrected chi connectivity index (χ3v) is 5.07. The fraction of sp³-hybridized carbons (Fsp3) is 0.500. The molecule has 2 amide bonds. The van der Waals surface area contributed by atoms with Crippen LogP contribution in [0.5, 0.6) is 0 Å². The summed E-state index contributed by atoms with van der Waals surface area (Å²) in [6.45, 7) is 1.17. The molecule has 7 nitrogen and oxygen atoms in total. The maximum atomic E-state index is 11.9. The number of nitrogens with one attached hydrogen (secondary N) is 1. The highest BCUT2D eigenvalue weighted by Crippen LogP contribution is 2.31. The second kappa shape index (κ2) is 6.84. The van der Waals surface area contributed by atoms with Crippen molar-refractivity contribution in [3.05, 3.63) is 29.8 Å². The lowest BCUT2D eigenvalue weighted by Crippen LogP contribution is -2.45. The van der Waals surface area contributed by atoms with Crippen LogP contribution in [0, 0.1) is 0 Å². The summed E-state index contributed by atoms with van der Waals surface area (Å²) in [5, 5.41) is 21.5. The van der Waals surface area contributed by atoms with Crippen LogP contribution in [-0.4, -0.2) is 46.7 Å². The van der Waals surface area contributed by atoms with Crippen LogP contribution in [0.25, 0.3) is 0 Å². The maximum absolute atomic E-state index is 11.9. The van der Waals surface area contributed by atoms with Gasteiger partial charge < -0.3 is 15.1 Å². The number of rotatable bonds is 4. The van der Waals surface area contributed by atoms with E-state index < -0.39 is 11.6 Å². The molecule has 1 aromatic carbocycles. The molecule has 134 valence electrons. The number of hydrogen-bond acceptors (Lipinski definition) is 5. The fourth-order valence-corrected chi connectivity index (χ4v) is 3.57. The van der Waals surface area contributed by atoms with Gasteiger partial charge in [0.1, 0.15) is 0 Å². The molecule has 0 saturated carbocycles. The van der Waals surface area contributed by atoms with E-state index in [-0.39, 0.29) is 24.2 Å². The van der Waals surface area contributed by atoms with Crippen molar-refractivity contribution in [2.45, 2.75) is 43.6 Å². The molecule has 0 spiro atoms. The first-order valence-electron chi connectivity index (χ1n) is 8.49. The Kier molecular flexibility index (Phi) is 4.76. The van der Waals surface area contributed by atoms with Gasteiger partial charge in [0, 0.05) is 25.2 Å². The van der Waals surface area contributed by atoms with Crippen LogP contribution in [0.2, 0.25) is 0 Å². The Hall–Kier alpha value is -2.41. The molecule has 3 rings (SSSR count). The lowest BCUT2D eigenvalue weighted by atomic mass is 9.87. The van der Waals surface area contributed by atoms with Gasteiger partial charge in [-0.05, 0) is 37.0 Å². The molecule has 3 N–H and O–H groups in total. The van der Waals surface area contributed by atoms with Gasteiger partial charge in [-0.15, -0.1) is 0 Å². The van der Waals surface area contributed by atoms with Crippen molar-refractivity contribution in [3.8, 4) is 0 Å². The van der Waals surface area contributed by atoms with E-state index in [0.29, 0.717) is 38.8 Å². The monoisotopic (exact) mass is 346 g/mol. The minimum atomic E-state index is -1.13. The Labute approximate surface area is 145 Å². The minimum Gasteiger partial charge on any atom is -0.481 e. The molecule has 0 aliphatic carbocycles. The second-order valence-corrected chi connectivity index (χ2v) is 6.88. The third-order valence-electron chi connectivity index (χ3n) is 5.07. The Morgan fingerprint density at radius 1 is 1.20 bits per heavy atom. The van der Waals surface area contributed by atoms with Crippen LogP contribution in [0.3, 0.4) is 0 Å². The summed E-state index contributed by atoms with van der Waals surface area (Å²) >= 11 is 0. The summed E-state index contributed by atoms with van der Waals surface area (Å²) in [5.74, 6) is -1.75. The van der Waals surface area contributed by atoms with E-state index in [1.807, 2.05) is 24.3 Å². The predicted molar refractivity (Wildman–Crippen MR) is 90.2 cm³/mol. The number of aliphatic carboxylic acids is 1. The van der Waals surface area contributed by atoms with Gasteiger partial charge >= 0.3 is 5.97 Å². The summed E-state index contributed by atoms with van der Waals surface area (Å²) in [5.41, 5.74) is 0.733. The van der Waals surface area contributed by atoms with Gasteiger partial charge in [-0.2, -0.15) is 0 Å². The minimum absolute atomic E-state index is 0.222. The Morgan fingerprint density at radius 3 is 2.40 bits per heavy atom. The lowest BCUT2D eigenvalue weighted by molar-refractivity contribution is -0.143. The van der Waals surface area contributed by atoms with E-state index in [1.165, 1.54) is 0 Å². The van der Waals surface area contributed by atoms with E-state index >= 15 is 0 Å². The molecule has 1 atom stereocenters. The van der Waals surface area contributed by atoms with E-state index in [4.69, 9.17) is 5.11 Å². The number of nitrogens with zero attached hydrogens (tertiary/aromatic N) is 1. The molecule has 2 heterocycles. The van der Waals surface area contributed by atoms with Crippen LogP contribution >= 0.6 is 0 Å². The molecule has 2 aliphatic rings. The van der Waals surface area contributed by atoms with Crippen LogP contribution in [-0.2, 0) is 14.4 Å². The lowest BCUT2D eigenvalue weighted by Gasteiger charge is -2.38. The fourth-order valence-electron chi connectivity index (χ4n) is 3.57. The number of aliphatic hydroxyl groups is 1. The number of carboxylic acids is 1. The molecule has 1 aromatic rings. The SMILES string of the molecule is O=C(O)CC1(O)CCN(c2ccc(C3CCC(=O)NC3=O)cc2)CC1.